The number of hydrogen-bond donors (Lipinski definition) is 0. The third-order valence-corrected chi connectivity index (χ3v) is 7.27. The van der Waals surface area contributed by atoms with Crippen molar-refractivity contribution in [3.05, 3.63) is 64.7 Å². The zero-order chi connectivity index (χ0) is 22.5. The van der Waals surface area contributed by atoms with Gasteiger partial charge in [0.1, 0.15) is 5.82 Å². The minimum absolute atomic E-state index is 0.00151. The molecule has 1 saturated heterocycles. The van der Waals surface area contributed by atoms with Crippen molar-refractivity contribution in [2.45, 2.75) is 76.2 Å². The molecule has 2 atom stereocenters. The Morgan fingerprint density at radius 3 is 2.22 bits per heavy atom. The number of hydrogen-bond acceptors (Lipinski definition) is 2. The fourth-order valence-corrected chi connectivity index (χ4v) is 5.46. The molecule has 2 aliphatic rings. The highest BCUT2D eigenvalue weighted by molar-refractivity contribution is 5.33. The van der Waals surface area contributed by atoms with Gasteiger partial charge in [-0.1, -0.05) is 31.5 Å². The van der Waals surface area contributed by atoms with E-state index in [1.807, 2.05) is 18.2 Å². The van der Waals surface area contributed by atoms with Crippen molar-refractivity contribution in [3.63, 3.8) is 0 Å². The smallest absolute Gasteiger partial charge is 0.228 e. The summed E-state index contributed by atoms with van der Waals surface area (Å²) in [5, 5.41) is 0. The standard InChI is InChI=1S/C27H33F3O2/c1-2-3-18-4-12-26(31-16-18)22-9-11-23(24(29)15-22)20-7-5-19(6-8-20)21-10-13-27(32-17-28)25(30)14-21/h9-11,13-15,18-20,26H,2-8,12,16-17H2,1H3. The van der Waals surface area contributed by atoms with Gasteiger partial charge in [-0.2, -0.15) is 0 Å². The monoisotopic (exact) mass is 446 g/mol. The molecule has 1 saturated carbocycles. The van der Waals surface area contributed by atoms with Gasteiger partial charge in [-0.05, 0) is 97.6 Å². The van der Waals surface area contributed by atoms with Gasteiger partial charge >= 0.3 is 0 Å². The molecule has 2 fully saturated rings. The number of halogens is 3. The Labute approximate surface area is 189 Å². The highest BCUT2D eigenvalue weighted by Gasteiger charge is 2.27. The first-order valence-electron chi connectivity index (χ1n) is 12.0. The van der Waals surface area contributed by atoms with Crippen molar-refractivity contribution in [3.8, 4) is 5.75 Å². The van der Waals surface area contributed by atoms with Crippen LogP contribution in [0.25, 0.3) is 0 Å². The molecule has 0 amide bonds. The molecule has 1 heterocycles. The van der Waals surface area contributed by atoms with Crippen LogP contribution in [0.4, 0.5) is 13.2 Å². The summed E-state index contributed by atoms with van der Waals surface area (Å²) in [5.74, 6) is 0.319. The lowest BCUT2D eigenvalue weighted by Crippen LogP contribution is -2.21. The third kappa shape index (κ3) is 5.31. The van der Waals surface area contributed by atoms with Crippen molar-refractivity contribution in [1.82, 2.24) is 0 Å². The van der Waals surface area contributed by atoms with Gasteiger partial charge in [-0.3, -0.25) is 0 Å². The van der Waals surface area contributed by atoms with Crippen LogP contribution in [0, 0.1) is 17.6 Å². The molecule has 0 bridgehead atoms. The van der Waals surface area contributed by atoms with Gasteiger partial charge in [0.15, 0.2) is 11.6 Å². The molecule has 2 unspecified atom stereocenters. The van der Waals surface area contributed by atoms with Gasteiger partial charge in [-0.25, -0.2) is 13.2 Å². The Morgan fingerprint density at radius 2 is 1.59 bits per heavy atom. The molecule has 2 aromatic carbocycles. The fraction of sp³-hybridized carbons (Fsp3) is 0.556. The van der Waals surface area contributed by atoms with E-state index < -0.39 is 12.7 Å². The lowest BCUT2D eigenvalue weighted by Gasteiger charge is -2.31. The van der Waals surface area contributed by atoms with Gasteiger partial charge in [0.05, 0.1) is 12.7 Å². The van der Waals surface area contributed by atoms with E-state index in [4.69, 9.17) is 4.74 Å². The maximum atomic E-state index is 15.0. The van der Waals surface area contributed by atoms with Crippen molar-refractivity contribution in [2.24, 2.45) is 5.92 Å². The average Bonchev–Trinajstić information content (AvgIpc) is 2.81. The van der Waals surface area contributed by atoms with Crippen LogP contribution in [0.5, 0.6) is 5.75 Å². The van der Waals surface area contributed by atoms with E-state index in [1.165, 1.54) is 25.0 Å². The maximum absolute atomic E-state index is 15.0. The Hall–Kier alpha value is -2.01. The predicted molar refractivity (Wildman–Crippen MR) is 120 cm³/mol. The minimum Gasteiger partial charge on any atom is -0.460 e. The van der Waals surface area contributed by atoms with Crippen LogP contribution in [0.15, 0.2) is 36.4 Å². The molecule has 4 rings (SSSR count). The van der Waals surface area contributed by atoms with E-state index in [0.717, 1.165) is 61.8 Å². The summed E-state index contributed by atoms with van der Waals surface area (Å²) < 4.78 is 52.1. The van der Waals surface area contributed by atoms with E-state index >= 15 is 4.39 Å². The molecule has 1 aliphatic carbocycles. The SMILES string of the molecule is CCCC1CCC(c2ccc(C3CCC(c4ccc(OCF)c(F)c4)CC3)c(F)c2)OC1. The summed E-state index contributed by atoms with van der Waals surface area (Å²) in [5.41, 5.74) is 2.63. The van der Waals surface area contributed by atoms with Crippen LogP contribution in [0.3, 0.4) is 0 Å². The molecule has 1 aliphatic heterocycles. The Balaban J connectivity index is 1.35. The Bertz CT molecular complexity index is 884. The van der Waals surface area contributed by atoms with E-state index in [2.05, 4.69) is 11.7 Å². The topological polar surface area (TPSA) is 18.5 Å². The molecule has 5 heteroatoms. The first-order chi connectivity index (χ1) is 15.6. The van der Waals surface area contributed by atoms with E-state index in [-0.39, 0.29) is 29.5 Å². The Kier molecular flexibility index (Phi) is 7.77. The van der Waals surface area contributed by atoms with Crippen molar-refractivity contribution in [2.75, 3.05) is 13.5 Å². The molecular formula is C27H33F3O2. The Morgan fingerprint density at radius 1 is 0.875 bits per heavy atom. The first-order valence-corrected chi connectivity index (χ1v) is 12.0. The van der Waals surface area contributed by atoms with Crippen molar-refractivity contribution >= 4 is 0 Å². The zero-order valence-electron chi connectivity index (χ0n) is 18.8. The largest absolute Gasteiger partial charge is 0.460 e. The molecule has 2 nitrogen and oxygen atoms in total. The minimum atomic E-state index is -1.04. The lowest BCUT2D eigenvalue weighted by molar-refractivity contribution is -0.0196. The zero-order valence-corrected chi connectivity index (χ0v) is 18.8. The lowest BCUT2D eigenvalue weighted by atomic mass is 9.76. The predicted octanol–water partition coefficient (Wildman–Crippen LogP) is 7.98. The second kappa shape index (κ2) is 10.7. The quantitative estimate of drug-likeness (QED) is 0.429. The van der Waals surface area contributed by atoms with Gasteiger partial charge in [0.2, 0.25) is 6.86 Å². The summed E-state index contributed by atoms with van der Waals surface area (Å²) in [6, 6.07) is 10.4. The first kappa shape index (κ1) is 23.2. The molecule has 0 N–H and O–H groups in total. The van der Waals surface area contributed by atoms with Gasteiger partial charge < -0.3 is 9.47 Å². The van der Waals surface area contributed by atoms with Crippen LogP contribution in [-0.2, 0) is 4.74 Å². The second-order valence-electron chi connectivity index (χ2n) is 9.33. The van der Waals surface area contributed by atoms with Crippen LogP contribution < -0.4 is 4.74 Å². The van der Waals surface area contributed by atoms with Gasteiger partial charge in [-0.15, -0.1) is 0 Å². The van der Waals surface area contributed by atoms with E-state index in [9.17, 15) is 8.78 Å². The normalized spacial score (nSPS) is 26.1. The van der Waals surface area contributed by atoms with Crippen LogP contribution in [0.2, 0.25) is 0 Å². The summed E-state index contributed by atoms with van der Waals surface area (Å²) in [4.78, 5) is 0. The number of benzene rings is 2. The van der Waals surface area contributed by atoms with Gasteiger partial charge in [0.25, 0.3) is 0 Å². The highest BCUT2D eigenvalue weighted by Crippen LogP contribution is 2.42. The maximum Gasteiger partial charge on any atom is 0.228 e. The van der Waals surface area contributed by atoms with Crippen molar-refractivity contribution in [1.29, 1.82) is 0 Å². The number of ether oxygens (including phenoxy) is 2. The molecule has 0 spiro atoms. The summed E-state index contributed by atoms with van der Waals surface area (Å²) in [6.45, 7) is 1.93. The molecule has 174 valence electrons. The average molecular weight is 447 g/mol. The van der Waals surface area contributed by atoms with Crippen molar-refractivity contribution < 1.29 is 22.6 Å². The third-order valence-electron chi connectivity index (χ3n) is 7.27. The highest BCUT2D eigenvalue weighted by atomic mass is 19.1. The number of rotatable bonds is 7. The number of alkyl halides is 1. The van der Waals surface area contributed by atoms with Crippen LogP contribution in [-0.4, -0.2) is 13.5 Å². The van der Waals surface area contributed by atoms with E-state index in [1.54, 1.807) is 6.07 Å². The summed E-state index contributed by atoms with van der Waals surface area (Å²) in [7, 11) is 0. The summed E-state index contributed by atoms with van der Waals surface area (Å²) in [6.07, 6.45) is 7.96. The van der Waals surface area contributed by atoms with Crippen LogP contribution in [0.1, 0.15) is 92.9 Å². The molecule has 0 radical (unpaired) electrons. The molecular weight excluding hydrogens is 413 g/mol. The van der Waals surface area contributed by atoms with Crippen LogP contribution >= 0.6 is 0 Å². The van der Waals surface area contributed by atoms with Gasteiger partial charge in [0, 0.05) is 0 Å². The van der Waals surface area contributed by atoms with E-state index in [0.29, 0.717) is 5.92 Å². The summed E-state index contributed by atoms with van der Waals surface area (Å²) >= 11 is 0. The fourth-order valence-electron chi connectivity index (χ4n) is 5.46. The molecule has 0 aromatic heterocycles. The molecule has 2 aromatic rings. The second-order valence-corrected chi connectivity index (χ2v) is 9.33. The molecule has 32 heavy (non-hydrogen) atoms.